The number of carboxylic acid groups (broad SMARTS) is 1. The first-order valence-electron chi connectivity index (χ1n) is 7.80. The van der Waals surface area contributed by atoms with Crippen molar-refractivity contribution in [2.24, 2.45) is 5.92 Å². The number of hydrogen-bond donors (Lipinski definition) is 1. The van der Waals surface area contributed by atoms with Crippen LogP contribution in [0.3, 0.4) is 0 Å². The van der Waals surface area contributed by atoms with E-state index in [1.807, 2.05) is 0 Å². The van der Waals surface area contributed by atoms with Crippen molar-refractivity contribution in [3.05, 3.63) is 35.9 Å². The Balaban J connectivity index is 2.24. The fourth-order valence-electron chi connectivity index (χ4n) is 2.79. The predicted octanol–water partition coefficient (Wildman–Crippen LogP) is 2.66. The highest BCUT2D eigenvalue weighted by molar-refractivity contribution is 7.91. The Morgan fingerprint density at radius 3 is 2.28 bits per heavy atom. The summed E-state index contributed by atoms with van der Waals surface area (Å²) in [6.45, 7) is 0.0564. The second kappa shape index (κ2) is 8.05. The maximum absolute atomic E-state index is 13.3. The van der Waals surface area contributed by atoms with Crippen LogP contribution in [-0.4, -0.2) is 51.3 Å². The summed E-state index contributed by atoms with van der Waals surface area (Å²) in [4.78, 5) is 11.5. The van der Waals surface area contributed by atoms with Crippen LogP contribution in [0.1, 0.15) is 18.4 Å². The lowest BCUT2D eigenvalue weighted by atomic mass is 9.99. The molecule has 25 heavy (non-hydrogen) atoms. The molecule has 1 aliphatic carbocycles. The third-order valence-electron chi connectivity index (χ3n) is 4.16. The van der Waals surface area contributed by atoms with Gasteiger partial charge in [-0.3, -0.25) is 0 Å². The maximum atomic E-state index is 13.3. The van der Waals surface area contributed by atoms with Gasteiger partial charge in [0.1, 0.15) is 12.3 Å². The predicted molar refractivity (Wildman–Crippen MR) is 88.5 cm³/mol. The number of aliphatic carboxylic acids is 1. The number of ether oxygens (including phenoxy) is 1. The fourth-order valence-corrected chi connectivity index (χ4v) is 3.96. The molecule has 1 fully saturated rings. The minimum absolute atomic E-state index is 0.0541. The van der Waals surface area contributed by atoms with Crippen LogP contribution in [0.5, 0.6) is 0 Å². The van der Waals surface area contributed by atoms with Gasteiger partial charge < -0.3 is 9.84 Å². The first kappa shape index (κ1) is 19.5. The van der Waals surface area contributed by atoms with Crippen LogP contribution in [0.4, 0.5) is 8.78 Å². The van der Waals surface area contributed by atoms with Crippen LogP contribution >= 0.6 is 0 Å². The average Bonchev–Trinajstić information content (AvgIpc) is 2.88. The Kier molecular flexibility index (Phi) is 6.29. The van der Waals surface area contributed by atoms with Crippen molar-refractivity contribution >= 4 is 21.4 Å². The average molecular weight is 374 g/mol. The molecule has 1 aromatic rings. The van der Waals surface area contributed by atoms with E-state index in [9.17, 15) is 27.1 Å². The fraction of sp³-hybridized carbons (Fsp3) is 0.471. The monoisotopic (exact) mass is 374 g/mol. The summed E-state index contributed by atoms with van der Waals surface area (Å²) in [6.07, 6.45) is -1.92. The number of benzene rings is 1. The highest BCUT2D eigenvalue weighted by atomic mass is 32.2. The van der Waals surface area contributed by atoms with E-state index >= 15 is 0 Å². The Morgan fingerprint density at radius 2 is 1.80 bits per heavy atom. The smallest absolute Gasteiger partial charge is 0.335 e. The van der Waals surface area contributed by atoms with E-state index in [4.69, 9.17) is 4.74 Å². The van der Waals surface area contributed by atoms with E-state index < -0.39 is 34.1 Å². The number of hydrogen-bond acceptors (Lipinski definition) is 4. The van der Waals surface area contributed by atoms with Crippen molar-refractivity contribution in [2.75, 3.05) is 19.5 Å². The molecular formula is C17H20F2O5S. The number of carboxylic acids is 1. The zero-order valence-electron chi connectivity index (χ0n) is 13.7. The van der Waals surface area contributed by atoms with Gasteiger partial charge in [0, 0.05) is 7.11 Å². The first-order chi connectivity index (χ1) is 11.7. The van der Waals surface area contributed by atoms with E-state index in [0.717, 1.165) is 0 Å². The largest absolute Gasteiger partial charge is 0.478 e. The Morgan fingerprint density at radius 1 is 1.24 bits per heavy atom. The third kappa shape index (κ3) is 4.85. The molecule has 1 unspecified atom stereocenters. The molecule has 3 atom stereocenters. The molecular weight excluding hydrogens is 354 g/mol. The summed E-state index contributed by atoms with van der Waals surface area (Å²) in [6, 6.07) is 5.41. The topological polar surface area (TPSA) is 80.7 Å². The summed E-state index contributed by atoms with van der Waals surface area (Å²) < 4.78 is 55.4. The van der Waals surface area contributed by atoms with Crippen molar-refractivity contribution in [1.82, 2.24) is 0 Å². The molecule has 0 amide bonds. The number of allylic oxidation sites excluding steroid dienone is 1. The zero-order chi connectivity index (χ0) is 18.6. The Bertz CT molecular complexity index is 733. The van der Waals surface area contributed by atoms with Gasteiger partial charge in [-0.05, 0) is 36.5 Å². The van der Waals surface area contributed by atoms with Gasteiger partial charge in [0.2, 0.25) is 0 Å². The zero-order valence-corrected chi connectivity index (χ0v) is 14.5. The van der Waals surface area contributed by atoms with Crippen molar-refractivity contribution in [1.29, 1.82) is 0 Å². The SMILES string of the molecule is COCCS(=O)(=O)c1ccc(/C(=C\C2C[C@@H](F)[C@@H](F)C2)C(=O)O)cc1. The second-order valence-electron chi connectivity index (χ2n) is 5.99. The molecule has 138 valence electrons. The summed E-state index contributed by atoms with van der Waals surface area (Å²) in [5, 5.41) is 9.37. The van der Waals surface area contributed by atoms with Gasteiger partial charge in [0.15, 0.2) is 9.84 Å². The molecule has 0 heterocycles. The van der Waals surface area contributed by atoms with E-state index in [0.29, 0.717) is 0 Å². The lowest BCUT2D eigenvalue weighted by molar-refractivity contribution is -0.130. The molecule has 1 aromatic carbocycles. The quantitative estimate of drug-likeness (QED) is 0.742. The van der Waals surface area contributed by atoms with Gasteiger partial charge in [0.25, 0.3) is 0 Å². The van der Waals surface area contributed by atoms with Crippen LogP contribution < -0.4 is 0 Å². The van der Waals surface area contributed by atoms with Gasteiger partial charge in [0.05, 0.1) is 22.8 Å². The molecule has 0 radical (unpaired) electrons. The molecule has 1 aliphatic rings. The highest BCUT2D eigenvalue weighted by Gasteiger charge is 2.34. The summed E-state index contributed by atoms with van der Waals surface area (Å²) >= 11 is 0. The number of rotatable bonds is 7. The molecule has 5 nitrogen and oxygen atoms in total. The molecule has 1 saturated carbocycles. The summed E-state index contributed by atoms with van der Waals surface area (Å²) in [7, 11) is -2.11. The van der Waals surface area contributed by atoms with Crippen molar-refractivity contribution in [3.63, 3.8) is 0 Å². The van der Waals surface area contributed by atoms with Crippen LogP contribution in [0.2, 0.25) is 0 Å². The van der Waals surface area contributed by atoms with Crippen molar-refractivity contribution in [2.45, 2.75) is 30.1 Å². The Labute approximate surface area is 145 Å². The third-order valence-corrected chi connectivity index (χ3v) is 5.86. The molecule has 0 saturated heterocycles. The molecule has 0 aromatic heterocycles. The number of halogens is 2. The van der Waals surface area contributed by atoms with Gasteiger partial charge in [-0.15, -0.1) is 0 Å². The first-order valence-corrected chi connectivity index (χ1v) is 9.45. The number of methoxy groups -OCH3 is 1. The molecule has 2 rings (SSSR count). The van der Waals surface area contributed by atoms with E-state index in [1.54, 1.807) is 0 Å². The molecule has 0 spiro atoms. The number of sulfone groups is 1. The molecule has 1 N–H and O–H groups in total. The van der Waals surface area contributed by atoms with Crippen molar-refractivity contribution in [3.8, 4) is 0 Å². The Hall–Kier alpha value is -1.80. The lowest BCUT2D eigenvalue weighted by Gasteiger charge is -2.09. The normalized spacial score (nSPS) is 24.4. The standard InChI is InChI=1S/C17H20F2O5S/c1-24-6-7-25(22,23)13-4-2-12(3-5-13)14(17(20)21)8-11-9-15(18)16(19)10-11/h2-5,8,11,15-16H,6-7,9-10H2,1H3,(H,20,21)/b14-8+/t11?,15-,16+. The molecule has 0 aliphatic heterocycles. The van der Waals surface area contributed by atoms with Crippen molar-refractivity contribution < 1.29 is 31.8 Å². The lowest BCUT2D eigenvalue weighted by Crippen LogP contribution is -2.11. The highest BCUT2D eigenvalue weighted by Crippen LogP contribution is 2.33. The number of carbonyl (C=O) groups is 1. The van der Waals surface area contributed by atoms with Crippen LogP contribution in [0, 0.1) is 5.92 Å². The van der Waals surface area contributed by atoms with Gasteiger partial charge >= 0.3 is 5.97 Å². The minimum atomic E-state index is -3.51. The minimum Gasteiger partial charge on any atom is -0.478 e. The van der Waals surface area contributed by atoms with Gasteiger partial charge in [-0.25, -0.2) is 22.0 Å². The number of alkyl halides is 2. The van der Waals surface area contributed by atoms with E-state index in [1.165, 1.54) is 37.5 Å². The maximum Gasteiger partial charge on any atom is 0.335 e. The molecule has 8 heteroatoms. The van der Waals surface area contributed by atoms with Crippen LogP contribution in [-0.2, 0) is 19.4 Å². The summed E-state index contributed by atoms with van der Waals surface area (Å²) in [5.41, 5.74) is 0.197. The second-order valence-corrected chi connectivity index (χ2v) is 8.09. The molecule has 0 bridgehead atoms. The summed E-state index contributed by atoms with van der Waals surface area (Å²) in [5.74, 6) is -1.91. The van der Waals surface area contributed by atoms with Crippen LogP contribution in [0.15, 0.2) is 35.2 Å². The van der Waals surface area contributed by atoms with E-state index in [-0.39, 0.29) is 41.2 Å². The van der Waals surface area contributed by atoms with E-state index in [2.05, 4.69) is 0 Å². The van der Waals surface area contributed by atoms with Crippen LogP contribution in [0.25, 0.3) is 5.57 Å². The van der Waals surface area contributed by atoms with Gasteiger partial charge in [-0.1, -0.05) is 18.2 Å². The van der Waals surface area contributed by atoms with Gasteiger partial charge in [-0.2, -0.15) is 0 Å².